The fourth-order valence-electron chi connectivity index (χ4n) is 3.33. The van der Waals surface area contributed by atoms with Gasteiger partial charge in [-0.2, -0.15) is 0 Å². The van der Waals surface area contributed by atoms with E-state index in [9.17, 15) is 4.79 Å². The zero-order chi connectivity index (χ0) is 19.1. The van der Waals surface area contributed by atoms with E-state index in [1.807, 2.05) is 19.2 Å². The average molecular weight is 497 g/mol. The molecule has 1 aliphatic rings. The Labute approximate surface area is 183 Å². The quantitative estimate of drug-likeness (QED) is 0.400. The normalized spacial score (nSPS) is 14.6. The summed E-state index contributed by atoms with van der Waals surface area (Å²) in [5.41, 5.74) is 2.28. The lowest BCUT2D eigenvalue weighted by Crippen LogP contribution is -2.54. The Morgan fingerprint density at radius 2 is 1.89 bits per heavy atom. The summed E-state index contributed by atoms with van der Waals surface area (Å²) in [6, 6.07) is 10.3. The number of nitrogens with one attached hydrogen (secondary N) is 1. The lowest BCUT2D eigenvalue weighted by Gasteiger charge is -2.35. The lowest BCUT2D eigenvalue weighted by molar-refractivity contribution is 0.0915. The summed E-state index contributed by atoms with van der Waals surface area (Å²) in [4.78, 5) is 24.6. The number of hydrogen-bond donors (Lipinski definition) is 1. The number of guanidine groups is 1. The van der Waals surface area contributed by atoms with E-state index in [0.29, 0.717) is 19.7 Å². The number of halogens is 1. The molecule has 0 spiro atoms. The monoisotopic (exact) mass is 497 g/mol. The third kappa shape index (κ3) is 5.46. The average Bonchev–Trinajstić information content (AvgIpc) is 2.72. The second-order valence-corrected chi connectivity index (χ2v) is 6.39. The van der Waals surface area contributed by atoms with Crippen molar-refractivity contribution < 1.29 is 9.53 Å². The maximum absolute atomic E-state index is 11.8. The van der Waals surface area contributed by atoms with E-state index in [-0.39, 0.29) is 30.1 Å². The van der Waals surface area contributed by atoms with Crippen molar-refractivity contribution in [1.29, 1.82) is 0 Å². The van der Waals surface area contributed by atoms with Crippen LogP contribution in [0.1, 0.15) is 12.5 Å². The number of piperazine rings is 1. The molecule has 28 heavy (non-hydrogen) atoms. The van der Waals surface area contributed by atoms with Crippen LogP contribution < -0.4 is 5.32 Å². The SMILES string of the molecule is CCOC(=O)N1CCN(C(=NC)NCCc2cccc3cccnc23)CC1.I. The van der Waals surface area contributed by atoms with Crippen molar-refractivity contribution in [2.24, 2.45) is 4.99 Å². The number of para-hydroxylation sites is 1. The van der Waals surface area contributed by atoms with E-state index in [1.165, 1.54) is 5.56 Å². The Balaban J connectivity index is 0.00000280. The smallest absolute Gasteiger partial charge is 0.409 e. The van der Waals surface area contributed by atoms with Crippen molar-refractivity contribution in [3.63, 3.8) is 0 Å². The van der Waals surface area contributed by atoms with E-state index in [2.05, 4.69) is 44.5 Å². The highest BCUT2D eigenvalue weighted by Crippen LogP contribution is 2.16. The van der Waals surface area contributed by atoms with E-state index < -0.39 is 0 Å². The number of benzene rings is 1. The Kier molecular flexibility index (Phi) is 8.75. The number of aliphatic imine (C=N–C) groups is 1. The van der Waals surface area contributed by atoms with Crippen LogP contribution in [0.15, 0.2) is 41.5 Å². The van der Waals surface area contributed by atoms with Crippen LogP contribution in [0.3, 0.4) is 0 Å². The molecule has 2 aromatic rings. The van der Waals surface area contributed by atoms with Crippen molar-refractivity contribution in [3.05, 3.63) is 42.1 Å². The number of aromatic nitrogens is 1. The molecule has 2 heterocycles. The fraction of sp³-hybridized carbons (Fsp3) is 0.450. The maximum atomic E-state index is 11.8. The zero-order valence-corrected chi connectivity index (χ0v) is 18.8. The second kappa shape index (κ2) is 11.0. The summed E-state index contributed by atoms with van der Waals surface area (Å²) in [7, 11) is 1.79. The molecule has 152 valence electrons. The predicted octanol–water partition coefficient (Wildman–Crippen LogP) is 2.74. The number of carbonyl (C=O) groups is 1. The van der Waals surface area contributed by atoms with Gasteiger partial charge in [-0.15, -0.1) is 24.0 Å². The Bertz CT molecular complexity index is 801. The van der Waals surface area contributed by atoms with Gasteiger partial charge in [0, 0.05) is 51.4 Å². The molecule has 8 heteroatoms. The molecule has 1 amide bonds. The number of pyridine rings is 1. The van der Waals surface area contributed by atoms with Crippen molar-refractivity contribution in [3.8, 4) is 0 Å². The number of nitrogens with zero attached hydrogens (tertiary/aromatic N) is 4. The minimum absolute atomic E-state index is 0. The summed E-state index contributed by atoms with van der Waals surface area (Å²) < 4.78 is 5.07. The minimum atomic E-state index is -0.233. The molecule has 0 unspecified atom stereocenters. The first-order valence-electron chi connectivity index (χ1n) is 9.43. The first-order valence-corrected chi connectivity index (χ1v) is 9.43. The summed E-state index contributed by atoms with van der Waals surface area (Å²) in [6.45, 7) is 5.79. The van der Waals surface area contributed by atoms with Gasteiger partial charge in [0.05, 0.1) is 12.1 Å². The van der Waals surface area contributed by atoms with E-state index in [4.69, 9.17) is 4.74 Å². The van der Waals surface area contributed by atoms with Crippen molar-refractivity contribution >= 4 is 46.9 Å². The largest absolute Gasteiger partial charge is 0.450 e. The van der Waals surface area contributed by atoms with Gasteiger partial charge in [0.15, 0.2) is 5.96 Å². The van der Waals surface area contributed by atoms with Gasteiger partial charge >= 0.3 is 6.09 Å². The molecule has 0 saturated carbocycles. The molecule has 3 rings (SSSR count). The summed E-state index contributed by atoms with van der Waals surface area (Å²) >= 11 is 0. The molecule has 0 radical (unpaired) electrons. The van der Waals surface area contributed by atoms with Gasteiger partial charge in [-0.1, -0.05) is 24.3 Å². The third-order valence-electron chi connectivity index (χ3n) is 4.71. The van der Waals surface area contributed by atoms with Crippen LogP contribution in [-0.2, 0) is 11.2 Å². The summed E-state index contributed by atoms with van der Waals surface area (Å²) in [5.74, 6) is 0.867. The number of ether oxygens (including phenoxy) is 1. The van der Waals surface area contributed by atoms with Crippen LogP contribution in [0, 0.1) is 0 Å². The number of hydrogen-bond acceptors (Lipinski definition) is 4. The van der Waals surface area contributed by atoms with Crippen LogP contribution in [0.5, 0.6) is 0 Å². The van der Waals surface area contributed by atoms with Crippen LogP contribution in [0.2, 0.25) is 0 Å². The van der Waals surface area contributed by atoms with Gasteiger partial charge < -0.3 is 19.9 Å². The van der Waals surface area contributed by atoms with Gasteiger partial charge in [0.2, 0.25) is 0 Å². The van der Waals surface area contributed by atoms with Crippen molar-refractivity contribution in [1.82, 2.24) is 20.1 Å². The van der Waals surface area contributed by atoms with E-state index in [0.717, 1.165) is 42.9 Å². The maximum Gasteiger partial charge on any atom is 0.409 e. The summed E-state index contributed by atoms with van der Waals surface area (Å²) in [5, 5.41) is 4.60. The molecule has 1 saturated heterocycles. The van der Waals surface area contributed by atoms with Gasteiger partial charge in [-0.05, 0) is 25.0 Å². The van der Waals surface area contributed by atoms with Gasteiger partial charge in [0.1, 0.15) is 0 Å². The molecule has 1 aromatic heterocycles. The highest BCUT2D eigenvalue weighted by atomic mass is 127. The van der Waals surface area contributed by atoms with Gasteiger partial charge in [0.25, 0.3) is 0 Å². The fourth-order valence-corrected chi connectivity index (χ4v) is 3.33. The van der Waals surface area contributed by atoms with E-state index in [1.54, 1.807) is 11.9 Å². The van der Waals surface area contributed by atoms with E-state index >= 15 is 0 Å². The molecule has 0 aliphatic carbocycles. The number of rotatable bonds is 4. The van der Waals surface area contributed by atoms with Crippen LogP contribution >= 0.6 is 24.0 Å². The molecule has 1 aliphatic heterocycles. The predicted molar refractivity (Wildman–Crippen MR) is 122 cm³/mol. The topological polar surface area (TPSA) is 70.1 Å². The molecule has 7 nitrogen and oxygen atoms in total. The van der Waals surface area contributed by atoms with Crippen molar-refractivity contribution in [2.75, 3.05) is 46.4 Å². The Hall–Kier alpha value is -2.10. The first-order chi connectivity index (χ1) is 13.2. The standard InChI is InChI=1S/C20H27N5O2.HI/c1-3-27-20(26)25-14-12-24(13-15-25)19(21-2)23-11-9-17-7-4-6-16-8-5-10-22-18(16)17;/h4-8,10H,3,9,11-15H2,1-2H3,(H,21,23);1H. The molecular formula is C20H28IN5O2. The second-order valence-electron chi connectivity index (χ2n) is 6.39. The molecule has 1 fully saturated rings. The molecule has 1 N–H and O–H groups in total. The first kappa shape index (κ1) is 22.2. The summed E-state index contributed by atoms with van der Waals surface area (Å²) in [6.07, 6.45) is 2.47. The third-order valence-corrected chi connectivity index (χ3v) is 4.71. The van der Waals surface area contributed by atoms with Crippen molar-refractivity contribution in [2.45, 2.75) is 13.3 Å². The number of fused-ring (bicyclic) bond motifs is 1. The highest BCUT2D eigenvalue weighted by Gasteiger charge is 2.23. The van der Waals surface area contributed by atoms with Crippen LogP contribution in [0.4, 0.5) is 4.79 Å². The molecule has 0 bridgehead atoms. The zero-order valence-electron chi connectivity index (χ0n) is 16.4. The highest BCUT2D eigenvalue weighted by molar-refractivity contribution is 14.0. The number of carbonyl (C=O) groups excluding carboxylic acids is 1. The van der Waals surface area contributed by atoms with Crippen LogP contribution in [0.25, 0.3) is 10.9 Å². The molecule has 0 atom stereocenters. The Morgan fingerprint density at radius 3 is 2.61 bits per heavy atom. The molecular weight excluding hydrogens is 469 g/mol. The lowest BCUT2D eigenvalue weighted by atomic mass is 10.1. The van der Waals surface area contributed by atoms with Gasteiger partial charge in [-0.3, -0.25) is 9.98 Å². The molecule has 1 aromatic carbocycles. The van der Waals surface area contributed by atoms with Crippen LogP contribution in [-0.4, -0.2) is 73.2 Å². The van der Waals surface area contributed by atoms with Gasteiger partial charge in [-0.25, -0.2) is 4.79 Å². The Morgan fingerprint density at radius 1 is 1.18 bits per heavy atom. The minimum Gasteiger partial charge on any atom is -0.450 e. The number of amides is 1.